The Kier molecular flexibility index (Phi) is 2.26. The second-order valence-corrected chi connectivity index (χ2v) is 5.22. The van der Waals surface area contributed by atoms with Gasteiger partial charge in [-0.25, -0.2) is 0 Å². The normalized spacial score (nSPS) is 21.2. The first-order valence-corrected chi connectivity index (χ1v) is 5.42. The minimum absolute atomic E-state index is 0.373. The van der Waals surface area contributed by atoms with Crippen molar-refractivity contribution < 1.29 is 0 Å². The van der Waals surface area contributed by atoms with Gasteiger partial charge in [-0.3, -0.25) is 0 Å². The summed E-state index contributed by atoms with van der Waals surface area (Å²) >= 11 is 0. The van der Waals surface area contributed by atoms with Crippen LogP contribution in [0.1, 0.15) is 38.7 Å². The molecule has 2 rings (SSSR count). The monoisotopic (exact) mass is 189 g/mol. The molecule has 1 heterocycles. The summed E-state index contributed by atoms with van der Waals surface area (Å²) in [4.78, 5) is 0. The van der Waals surface area contributed by atoms with Gasteiger partial charge in [0.05, 0.1) is 0 Å². The van der Waals surface area contributed by atoms with Gasteiger partial charge in [-0.05, 0) is 29.4 Å². The Balaban J connectivity index is 2.41. The molecule has 1 aliphatic rings. The van der Waals surface area contributed by atoms with Gasteiger partial charge in [0.2, 0.25) is 0 Å². The predicted molar refractivity (Wildman–Crippen MR) is 61.7 cm³/mol. The van der Waals surface area contributed by atoms with E-state index in [4.69, 9.17) is 0 Å². The summed E-state index contributed by atoms with van der Waals surface area (Å²) in [6, 6.07) is 8.70. The summed E-state index contributed by atoms with van der Waals surface area (Å²) in [5.74, 6) is 0.694. The first kappa shape index (κ1) is 9.57. The van der Waals surface area contributed by atoms with E-state index < -0.39 is 0 Å². The van der Waals surface area contributed by atoms with Crippen LogP contribution in [0.3, 0.4) is 0 Å². The number of hydrogen-bond acceptors (Lipinski definition) is 1. The second kappa shape index (κ2) is 3.30. The molecule has 1 heteroatoms. The molecular weight excluding hydrogens is 170 g/mol. The van der Waals surface area contributed by atoms with Crippen molar-refractivity contribution in [2.75, 3.05) is 11.9 Å². The number of rotatable bonds is 0. The van der Waals surface area contributed by atoms with Crippen molar-refractivity contribution in [3.05, 3.63) is 29.8 Å². The number of nitrogens with one attached hydrogen (secondary N) is 1. The molecule has 14 heavy (non-hydrogen) atoms. The molecule has 0 aliphatic carbocycles. The molecule has 1 unspecified atom stereocenters. The number of para-hydroxylation sites is 1. The third kappa shape index (κ3) is 1.63. The first-order valence-electron chi connectivity index (χ1n) is 5.42. The number of anilines is 1. The molecule has 1 atom stereocenters. The van der Waals surface area contributed by atoms with Crippen LogP contribution in [0.15, 0.2) is 24.3 Å². The highest BCUT2D eigenvalue weighted by molar-refractivity contribution is 5.55. The van der Waals surface area contributed by atoms with Crippen LogP contribution in [0.25, 0.3) is 0 Å². The fraction of sp³-hybridized carbons (Fsp3) is 0.538. The minimum Gasteiger partial charge on any atom is -0.385 e. The zero-order valence-corrected chi connectivity index (χ0v) is 9.30. The Morgan fingerprint density at radius 1 is 1.21 bits per heavy atom. The van der Waals surface area contributed by atoms with Gasteiger partial charge < -0.3 is 5.32 Å². The summed E-state index contributed by atoms with van der Waals surface area (Å²) in [5.41, 5.74) is 3.20. The van der Waals surface area contributed by atoms with Crippen molar-refractivity contribution in [3.8, 4) is 0 Å². The lowest BCUT2D eigenvalue weighted by molar-refractivity contribution is 0.305. The molecule has 1 aliphatic heterocycles. The summed E-state index contributed by atoms with van der Waals surface area (Å²) in [5, 5.41) is 3.46. The van der Waals surface area contributed by atoms with Gasteiger partial charge in [-0.2, -0.15) is 0 Å². The van der Waals surface area contributed by atoms with E-state index >= 15 is 0 Å². The summed E-state index contributed by atoms with van der Waals surface area (Å²) < 4.78 is 0. The first-order chi connectivity index (χ1) is 6.59. The lowest BCUT2D eigenvalue weighted by Crippen LogP contribution is -2.26. The van der Waals surface area contributed by atoms with Gasteiger partial charge >= 0.3 is 0 Å². The Morgan fingerprint density at radius 3 is 2.64 bits per heavy atom. The van der Waals surface area contributed by atoms with Crippen LogP contribution in [0.4, 0.5) is 5.69 Å². The van der Waals surface area contributed by atoms with Crippen molar-refractivity contribution in [2.24, 2.45) is 5.41 Å². The lowest BCUT2D eigenvalue weighted by Gasteiger charge is -2.36. The number of fused-ring (bicyclic) bond motifs is 1. The van der Waals surface area contributed by atoms with Crippen LogP contribution >= 0.6 is 0 Å². The van der Waals surface area contributed by atoms with Gasteiger partial charge in [0.1, 0.15) is 0 Å². The smallest absolute Gasteiger partial charge is 0.0375 e. The summed E-state index contributed by atoms with van der Waals surface area (Å²) in [6.45, 7) is 8.11. The van der Waals surface area contributed by atoms with Crippen molar-refractivity contribution in [1.29, 1.82) is 0 Å². The molecule has 0 spiro atoms. The molecular formula is C13H19N. The van der Waals surface area contributed by atoms with E-state index in [9.17, 15) is 0 Å². The Morgan fingerprint density at radius 2 is 1.93 bits per heavy atom. The van der Waals surface area contributed by atoms with Crippen LogP contribution in [0.2, 0.25) is 0 Å². The Labute approximate surface area is 86.5 Å². The van der Waals surface area contributed by atoms with Crippen LogP contribution < -0.4 is 5.32 Å². The number of benzene rings is 1. The minimum atomic E-state index is 0.373. The Bertz CT molecular complexity index is 322. The highest BCUT2D eigenvalue weighted by Gasteiger charge is 2.29. The molecule has 0 bridgehead atoms. The molecule has 76 valence electrons. The van der Waals surface area contributed by atoms with E-state index in [0.717, 1.165) is 6.54 Å². The van der Waals surface area contributed by atoms with Gasteiger partial charge in [0.15, 0.2) is 0 Å². The fourth-order valence-corrected chi connectivity index (χ4v) is 2.37. The van der Waals surface area contributed by atoms with E-state index in [0.29, 0.717) is 11.3 Å². The van der Waals surface area contributed by atoms with Gasteiger partial charge in [0, 0.05) is 12.2 Å². The zero-order valence-electron chi connectivity index (χ0n) is 9.30. The molecule has 1 N–H and O–H groups in total. The van der Waals surface area contributed by atoms with Crippen molar-refractivity contribution in [1.82, 2.24) is 0 Å². The maximum Gasteiger partial charge on any atom is 0.0375 e. The molecule has 0 aromatic heterocycles. The molecule has 1 aromatic carbocycles. The molecule has 0 saturated heterocycles. The largest absolute Gasteiger partial charge is 0.385 e. The summed E-state index contributed by atoms with van der Waals surface area (Å²) in [6.07, 6.45) is 1.25. The van der Waals surface area contributed by atoms with Gasteiger partial charge in [-0.1, -0.05) is 39.0 Å². The molecule has 1 aromatic rings. The van der Waals surface area contributed by atoms with Crippen LogP contribution in [-0.4, -0.2) is 6.54 Å². The molecule has 0 fully saturated rings. The number of hydrogen-bond donors (Lipinski definition) is 1. The van der Waals surface area contributed by atoms with Gasteiger partial charge in [0.25, 0.3) is 0 Å². The van der Waals surface area contributed by atoms with Crippen LogP contribution in [0.5, 0.6) is 0 Å². The SMILES string of the molecule is CC(C)(C)C1CCNc2ccccc21. The average molecular weight is 189 g/mol. The topological polar surface area (TPSA) is 12.0 Å². The summed E-state index contributed by atoms with van der Waals surface area (Å²) in [7, 11) is 0. The highest BCUT2D eigenvalue weighted by atomic mass is 14.9. The van der Waals surface area contributed by atoms with E-state index in [1.54, 1.807) is 0 Å². The second-order valence-electron chi connectivity index (χ2n) is 5.22. The third-order valence-corrected chi connectivity index (χ3v) is 3.13. The van der Waals surface area contributed by atoms with Crippen molar-refractivity contribution in [3.63, 3.8) is 0 Å². The van der Waals surface area contributed by atoms with Crippen LogP contribution in [-0.2, 0) is 0 Å². The lowest BCUT2D eigenvalue weighted by atomic mass is 9.73. The van der Waals surface area contributed by atoms with E-state index in [2.05, 4.69) is 50.4 Å². The van der Waals surface area contributed by atoms with E-state index in [1.807, 2.05) is 0 Å². The van der Waals surface area contributed by atoms with Gasteiger partial charge in [-0.15, -0.1) is 0 Å². The predicted octanol–water partition coefficient (Wildman–Crippen LogP) is 3.63. The average Bonchev–Trinajstić information content (AvgIpc) is 2.15. The Hall–Kier alpha value is -0.980. The van der Waals surface area contributed by atoms with Crippen LogP contribution in [0, 0.1) is 5.41 Å². The third-order valence-electron chi connectivity index (χ3n) is 3.13. The molecule has 1 nitrogen and oxygen atoms in total. The molecule has 0 saturated carbocycles. The quantitative estimate of drug-likeness (QED) is 0.657. The molecule has 0 radical (unpaired) electrons. The van der Waals surface area contributed by atoms with Crippen molar-refractivity contribution in [2.45, 2.75) is 33.1 Å². The molecule has 0 amide bonds. The standard InChI is InChI=1S/C13H19N/c1-13(2,3)11-8-9-14-12-7-5-4-6-10(11)12/h4-7,11,14H,8-9H2,1-3H3. The highest BCUT2D eigenvalue weighted by Crippen LogP contribution is 2.42. The maximum atomic E-state index is 3.46. The van der Waals surface area contributed by atoms with E-state index in [-0.39, 0.29) is 0 Å². The van der Waals surface area contributed by atoms with E-state index in [1.165, 1.54) is 17.7 Å². The maximum absolute atomic E-state index is 3.46. The van der Waals surface area contributed by atoms with Crippen molar-refractivity contribution >= 4 is 5.69 Å². The zero-order chi connectivity index (χ0) is 10.2. The fourth-order valence-electron chi connectivity index (χ4n) is 2.37.